The van der Waals surface area contributed by atoms with E-state index in [2.05, 4.69) is 25.3 Å². The molecule has 0 saturated carbocycles. The van der Waals surface area contributed by atoms with Gasteiger partial charge in [0.1, 0.15) is 24.1 Å². The van der Waals surface area contributed by atoms with Crippen molar-refractivity contribution in [2.24, 2.45) is 0 Å². The molecule has 3 aromatic heterocycles. The fraction of sp³-hybridized carbons (Fsp3) is 0.294. The Morgan fingerprint density at radius 3 is 2.89 bits per heavy atom. The molecule has 0 aliphatic carbocycles. The van der Waals surface area contributed by atoms with Crippen LogP contribution in [-0.2, 0) is 4.79 Å². The van der Waals surface area contributed by atoms with E-state index < -0.39 is 24.7 Å². The van der Waals surface area contributed by atoms with Crippen molar-refractivity contribution in [1.82, 2.24) is 25.3 Å². The number of anilines is 1. The molecule has 3 heterocycles. The molecule has 0 bridgehead atoms. The van der Waals surface area contributed by atoms with Crippen molar-refractivity contribution < 1.29 is 22.2 Å². The standard InChI is InChI=1S/C17H16ClF3N6O.3H2/c1-2-12(16(28)25-8-17(19,20)21)26-13-3-4-22-15(27-13)11-7-24-14-10(11)5-9(18)6-23-14;;;/h3-7,12H,2,8H2,1H3,(H,23,24)(H,25,28)(H,22,26,27);3*1H/t12-;;;/m1.../s1. The minimum atomic E-state index is -4.47. The quantitative estimate of drug-likeness (QED) is 0.555. The molecule has 11 heteroatoms. The van der Waals surface area contributed by atoms with Crippen LogP contribution in [0.25, 0.3) is 22.4 Å². The van der Waals surface area contributed by atoms with Crippen LogP contribution >= 0.6 is 11.6 Å². The first-order chi connectivity index (χ1) is 13.3. The third kappa shape index (κ3) is 4.69. The fourth-order valence-corrected chi connectivity index (χ4v) is 2.73. The molecule has 0 spiro atoms. The Hall–Kier alpha value is -2.88. The molecule has 0 saturated heterocycles. The lowest BCUT2D eigenvalue weighted by atomic mass is 10.2. The highest BCUT2D eigenvalue weighted by atomic mass is 35.5. The van der Waals surface area contributed by atoms with Crippen molar-refractivity contribution in [3.05, 3.63) is 35.7 Å². The topological polar surface area (TPSA) is 95.6 Å². The van der Waals surface area contributed by atoms with Gasteiger partial charge >= 0.3 is 6.18 Å². The van der Waals surface area contributed by atoms with Gasteiger partial charge in [-0.15, -0.1) is 0 Å². The van der Waals surface area contributed by atoms with E-state index in [0.717, 1.165) is 5.39 Å². The Bertz CT molecular complexity index is 1000. The molecule has 3 aromatic rings. The second-order valence-electron chi connectivity index (χ2n) is 5.96. The molecule has 28 heavy (non-hydrogen) atoms. The molecular weight excluding hydrogens is 397 g/mol. The average molecular weight is 419 g/mol. The smallest absolute Gasteiger partial charge is 0.358 e. The van der Waals surface area contributed by atoms with Crippen LogP contribution in [0.4, 0.5) is 19.0 Å². The maximum absolute atomic E-state index is 12.3. The minimum absolute atomic E-state index is 0. The Kier molecular flexibility index (Phi) is 5.68. The van der Waals surface area contributed by atoms with Gasteiger partial charge in [-0.1, -0.05) is 18.5 Å². The lowest BCUT2D eigenvalue weighted by Gasteiger charge is -2.18. The summed E-state index contributed by atoms with van der Waals surface area (Å²) >= 11 is 6.00. The zero-order valence-electron chi connectivity index (χ0n) is 14.6. The largest absolute Gasteiger partial charge is 0.405 e. The SMILES string of the molecule is CC[C@@H](Nc1ccnc(-c2c[nH]c3ncc(Cl)cc23)n1)C(=O)NCC(F)(F)F.[HH].[HH].[HH]. The van der Waals surface area contributed by atoms with Gasteiger partial charge in [0.25, 0.3) is 0 Å². The van der Waals surface area contributed by atoms with E-state index in [9.17, 15) is 18.0 Å². The molecule has 1 amide bonds. The summed E-state index contributed by atoms with van der Waals surface area (Å²) in [6.07, 6.45) is 0.479. The molecule has 0 aromatic carbocycles. The summed E-state index contributed by atoms with van der Waals surface area (Å²) in [4.78, 5) is 27.7. The maximum atomic E-state index is 12.3. The van der Waals surface area contributed by atoms with Crippen LogP contribution in [0, 0.1) is 0 Å². The van der Waals surface area contributed by atoms with Gasteiger partial charge in [0.05, 0.1) is 5.02 Å². The number of alkyl halides is 3. The number of hydrogen-bond acceptors (Lipinski definition) is 5. The second kappa shape index (κ2) is 8.01. The van der Waals surface area contributed by atoms with Crippen LogP contribution in [0.5, 0.6) is 0 Å². The first-order valence-corrected chi connectivity index (χ1v) is 8.71. The molecule has 7 nitrogen and oxygen atoms in total. The van der Waals surface area contributed by atoms with Crippen LogP contribution < -0.4 is 10.6 Å². The van der Waals surface area contributed by atoms with Crippen molar-refractivity contribution in [3.8, 4) is 11.4 Å². The summed E-state index contributed by atoms with van der Waals surface area (Å²) in [5.74, 6) is -0.0997. The molecule has 0 aliphatic rings. The van der Waals surface area contributed by atoms with Crippen molar-refractivity contribution in [3.63, 3.8) is 0 Å². The molecule has 0 radical (unpaired) electrons. The molecular formula is C17H22ClF3N6O. The van der Waals surface area contributed by atoms with E-state index in [1.165, 1.54) is 18.5 Å². The van der Waals surface area contributed by atoms with Crippen LogP contribution in [0.1, 0.15) is 17.6 Å². The number of fused-ring (bicyclic) bond motifs is 1. The Balaban J connectivity index is 0.00000300. The van der Waals surface area contributed by atoms with E-state index in [-0.39, 0.29) is 10.7 Å². The molecule has 0 fully saturated rings. The third-order valence-electron chi connectivity index (χ3n) is 3.90. The lowest BCUT2D eigenvalue weighted by Crippen LogP contribution is -2.43. The number of nitrogens with one attached hydrogen (secondary N) is 3. The number of carbonyl (C=O) groups is 1. The van der Waals surface area contributed by atoms with Gasteiger partial charge in [0, 0.05) is 33.8 Å². The van der Waals surface area contributed by atoms with E-state index in [1.807, 2.05) is 5.32 Å². The summed E-state index contributed by atoms with van der Waals surface area (Å²) in [7, 11) is 0. The average Bonchev–Trinajstić information content (AvgIpc) is 3.07. The summed E-state index contributed by atoms with van der Waals surface area (Å²) in [5, 5.41) is 5.89. The van der Waals surface area contributed by atoms with Crippen LogP contribution in [0.3, 0.4) is 0 Å². The number of aromatic nitrogens is 4. The first-order valence-electron chi connectivity index (χ1n) is 8.34. The van der Waals surface area contributed by atoms with E-state index >= 15 is 0 Å². The molecule has 0 unspecified atom stereocenters. The number of nitrogens with zero attached hydrogens (tertiary/aromatic N) is 3. The van der Waals surface area contributed by atoms with E-state index in [0.29, 0.717) is 27.9 Å². The van der Waals surface area contributed by atoms with Crippen LogP contribution in [0.2, 0.25) is 5.02 Å². The van der Waals surface area contributed by atoms with Gasteiger partial charge in [0.2, 0.25) is 5.91 Å². The highest BCUT2D eigenvalue weighted by molar-refractivity contribution is 6.31. The number of halogens is 4. The molecule has 3 rings (SSSR count). The van der Waals surface area contributed by atoms with Crippen molar-refractivity contribution >= 4 is 34.4 Å². The highest BCUT2D eigenvalue weighted by Crippen LogP contribution is 2.27. The maximum Gasteiger partial charge on any atom is 0.405 e. The van der Waals surface area contributed by atoms with Gasteiger partial charge in [-0.2, -0.15) is 13.2 Å². The number of carbonyl (C=O) groups excluding carboxylic acids is 1. The van der Waals surface area contributed by atoms with E-state index in [4.69, 9.17) is 11.6 Å². The predicted octanol–water partition coefficient (Wildman–Crippen LogP) is 4.28. The van der Waals surface area contributed by atoms with Gasteiger partial charge in [-0.05, 0) is 18.6 Å². The number of aromatic amines is 1. The number of amides is 1. The van der Waals surface area contributed by atoms with Gasteiger partial charge in [0.15, 0.2) is 5.82 Å². The summed E-state index contributed by atoms with van der Waals surface area (Å²) in [6, 6.07) is 2.38. The second-order valence-corrected chi connectivity index (χ2v) is 6.39. The lowest BCUT2D eigenvalue weighted by molar-refractivity contribution is -0.138. The molecule has 1 atom stereocenters. The summed E-state index contributed by atoms with van der Waals surface area (Å²) < 4.78 is 36.9. The Labute approximate surface area is 167 Å². The number of hydrogen-bond donors (Lipinski definition) is 3. The molecule has 154 valence electrons. The summed E-state index contributed by atoms with van der Waals surface area (Å²) in [5.41, 5.74) is 1.27. The van der Waals surface area contributed by atoms with Crippen LogP contribution in [0.15, 0.2) is 30.7 Å². The Morgan fingerprint density at radius 2 is 2.18 bits per heavy atom. The highest BCUT2D eigenvalue weighted by Gasteiger charge is 2.29. The molecule has 3 N–H and O–H groups in total. The normalized spacial score (nSPS) is 12.8. The minimum Gasteiger partial charge on any atom is -0.358 e. The van der Waals surface area contributed by atoms with Crippen molar-refractivity contribution in [2.45, 2.75) is 25.6 Å². The first kappa shape index (κ1) is 19.9. The van der Waals surface area contributed by atoms with E-state index in [1.54, 1.807) is 19.2 Å². The summed E-state index contributed by atoms with van der Waals surface area (Å²) in [6.45, 7) is 0.294. The zero-order valence-corrected chi connectivity index (χ0v) is 15.4. The van der Waals surface area contributed by atoms with Gasteiger partial charge in [-0.25, -0.2) is 15.0 Å². The zero-order chi connectivity index (χ0) is 20.3. The van der Waals surface area contributed by atoms with Crippen molar-refractivity contribution in [2.75, 3.05) is 11.9 Å². The molecule has 0 aliphatic heterocycles. The third-order valence-corrected chi connectivity index (χ3v) is 4.11. The number of rotatable bonds is 6. The monoisotopic (exact) mass is 418 g/mol. The Morgan fingerprint density at radius 1 is 1.39 bits per heavy atom. The van der Waals surface area contributed by atoms with Gasteiger partial charge < -0.3 is 15.6 Å². The van der Waals surface area contributed by atoms with Gasteiger partial charge in [-0.3, -0.25) is 4.79 Å². The predicted molar refractivity (Wildman–Crippen MR) is 105 cm³/mol. The fourth-order valence-electron chi connectivity index (χ4n) is 2.57. The number of pyridine rings is 1. The van der Waals surface area contributed by atoms with Crippen LogP contribution in [-0.4, -0.2) is 44.6 Å². The number of H-pyrrole nitrogens is 1. The van der Waals surface area contributed by atoms with Crippen molar-refractivity contribution in [1.29, 1.82) is 0 Å².